The highest BCUT2D eigenvalue weighted by Gasteiger charge is 2.35. The fourth-order valence-corrected chi connectivity index (χ4v) is 4.14. The predicted octanol–water partition coefficient (Wildman–Crippen LogP) is 4.67. The van der Waals surface area contributed by atoms with Gasteiger partial charge in [-0.15, -0.1) is 0 Å². The third-order valence-corrected chi connectivity index (χ3v) is 5.44. The monoisotopic (exact) mass is 281 g/mol. The van der Waals surface area contributed by atoms with E-state index in [4.69, 9.17) is 4.74 Å². The van der Waals surface area contributed by atoms with E-state index in [0.717, 1.165) is 19.0 Å². The van der Waals surface area contributed by atoms with Crippen molar-refractivity contribution in [3.05, 3.63) is 0 Å². The van der Waals surface area contributed by atoms with E-state index in [1.165, 1.54) is 70.6 Å². The quantitative estimate of drug-likeness (QED) is 0.714. The highest BCUT2D eigenvalue weighted by atomic mass is 16.5. The van der Waals surface area contributed by atoms with E-state index in [2.05, 4.69) is 19.2 Å². The first-order chi connectivity index (χ1) is 9.78. The molecule has 0 heterocycles. The van der Waals surface area contributed by atoms with Gasteiger partial charge in [0.1, 0.15) is 0 Å². The predicted molar refractivity (Wildman–Crippen MR) is 86.1 cm³/mol. The molecule has 0 spiro atoms. The van der Waals surface area contributed by atoms with E-state index in [-0.39, 0.29) is 5.60 Å². The topological polar surface area (TPSA) is 21.3 Å². The van der Waals surface area contributed by atoms with Crippen LogP contribution in [0, 0.1) is 5.92 Å². The largest absolute Gasteiger partial charge is 0.370 e. The summed E-state index contributed by atoms with van der Waals surface area (Å²) in [5.74, 6) is 0.913. The van der Waals surface area contributed by atoms with Crippen LogP contribution < -0.4 is 5.32 Å². The van der Waals surface area contributed by atoms with Crippen LogP contribution >= 0.6 is 0 Å². The van der Waals surface area contributed by atoms with E-state index in [9.17, 15) is 0 Å². The molecule has 0 aromatic rings. The van der Waals surface area contributed by atoms with E-state index >= 15 is 0 Å². The van der Waals surface area contributed by atoms with Gasteiger partial charge in [0.25, 0.3) is 0 Å². The van der Waals surface area contributed by atoms with Crippen molar-refractivity contribution in [2.24, 2.45) is 5.92 Å². The smallest absolute Gasteiger partial charge is 0.0810 e. The minimum absolute atomic E-state index is 0.146. The van der Waals surface area contributed by atoms with Gasteiger partial charge in [0, 0.05) is 6.54 Å². The number of likely N-dealkylation sites (N-methyl/N-ethyl adjacent to an activating group) is 1. The van der Waals surface area contributed by atoms with Crippen molar-refractivity contribution in [2.75, 3.05) is 13.1 Å². The molecule has 2 saturated carbocycles. The molecular formula is C18H35NO. The summed E-state index contributed by atoms with van der Waals surface area (Å²) in [6, 6.07) is 0. The molecular weight excluding hydrogens is 246 g/mol. The zero-order valence-corrected chi connectivity index (χ0v) is 13.8. The Morgan fingerprint density at radius 1 is 1.00 bits per heavy atom. The molecule has 2 aliphatic rings. The molecule has 0 saturated heterocycles. The third kappa shape index (κ3) is 4.73. The Bertz CT molecular complexity index is 258. The van der Waals surface area contributed by atoms with Gasteiger partial charge >= 0.3 is 0 Å². The molecule has 0 radical (unpaired) electrons. The number of ether oxygens (including phenoxy) is 1. The van der Waals surface area contributed by atoms with Gasteiger partial charge in [0.05, 0.1) is 11.7 Å². The van der Waals surface area contributed by atoms with Gasteiger partial charge in [-0.3, -0.25) is 0 Å². The van der Waals surface area contributed by atoms with Gasteiger partial charge in [-0.1, -0.05) is 58.8 Å². The second-order valence-corrected chi connectivity index (χ2v) is 7.06. The van der Waals surface area contributed by atoms with E-state index < -0.39 is 0 Å². The first-order valence-corrected chi connectivity index (χ1v) is 9.16. The number of rotatable bonds is 6. The van der Waals surface area contributed by atoms with E-state index in [1.54, 1.807) is 0 Å². The van der Waals surface area contributed by atoms with Gasteiger partial charge in [-0.25, -0.2) is 0 Å². The summed E-state index contributed by atoms with van der Waals surface area (Å²) in [4.78, 5) is 0. The average molecular weight is 281 g/mol. The average Bonchev–Trinajstić information content (AvgIpc) is 2.71. The van der Waals surface area contributed by atoms with Crippen molar-refractivity contribution in [2.45, 2.75) is 96.2 Å². The van der Waals surface area contributed by atoms with Crippen LogP contribution in [0.3, 0.4) is 0 Å². The van der Waals surface area contributed by atoms with Crippen LogP contribution in [0.15, 0.2) is 0 Å². The molecule has 0 aliphatic heterocycles. The Hall–Kier alpha value is -0.0800. The number of hydrogen-bond donors (Lipinski definition) is 1. The van der Waals surface area contributed by atoms with Gasteiger partial charge in [0.2, 0.25) is 0 Å². The molecule has 2 rings (SSSR count). The maximum Gasteiger partial charge on any atom is 0.0810 e. The summed E-state index contributed by atoms with van der Waals surface area (Å²) in [5.41, 5.74) is 0.146. The van der Waals surface area contributed by atoms with Gasteiger partial charge in [-0.05, 0) is 38.1 Å². The van der Waals surface area contributed by atoms with Gasteiger partial charge < -0.3 is 10.1 Å². The van der Waals surface area contributed by atoms with Crippen LogP contribution in [0.4, 0.5) is 0 Å². The Labute approximate surface area is 126 Å². The molecule has 2 nitrogen and oxygen atoms in total. The van der Waals surface area contributed by atoms with Crippen molar-refractivity contribution in [1.82, 2.24) is 5.32 Å². The molecule has 20 heavy (non-hydrogen) atoms. The van der Waals surface area contributed by atoms with Crippen molar-refractivity contribution in [3.63, 3.8) is 0 Å². The second-order valence-electron chi connectivity index (χ2n) is 7.06. The molecule has 2 atom stereocenters. The Morgan fingerprint density at radius 2 is 1.75 bits per heavy atom. The lowest BCUT2D eigenvalue weighted by atomic mass is 9.84. The lowest BCUT2D eigenvalue weighted by Crippen LogP contribution is -2.46. The van der Waals surface area contributed by atoms with Crippen LogP contribution in [0.25, 0.3) is 0 Å². The van der Waals surface area contributed by atoms with Crippen LogP contribution in [-0.4, -0.2) is 24.8 Å². The molecule has 118 valence electrons. The number of nitrogens with one attached hydrogen (secondary N) is 1. The van der Waals surface area contributed by atoms with E-state index in [0.29, 0.717) is 6.10 Å². The molecule has 0 aromatic heterocycles. The molecule has 2 heteroatoms. The molecule has 0 aromatic carbocycles. The summed E-state index contributed by atoms with van der Waals surface area (Å²) in [6.45, 7) is 6.68. The summed E-state index contributed by atoms with van der Waals surface area (Å²) in [5, 5.41) is 3.58. The zero-order chi connectivity index (χ0) is 14.3. The highest BCUT2D eigenvalue weighted by Crippen LogP contribution is 2.36. The van der Waals surface area contributed by atoms with Crippen molar-refractivity contribution in [3.8, 4) is 0 Å². The lowest BCUT2D eigenvalue weighted by Gasteiger charge is -2.40. The number of hydrogen-bond acceptors (Lipinski definition) is 2. The first kappa shape index (κ1) is 16.3. The Morgan fingerprint density at radius 3 is 2.40 bits per heavy atom. The van der Waals surface area contributed by atoms with Gasteiger partial charge in [-0.2, -0.15) is 0 Å². The van der Waals surface area contributed by atoms with E-state index in [1.807, 2.05) is 0 Å². The Balaban J connectivity index is 1.94. The lowest BCUT2D eigenvalue weighted by molar-refractivity contribution is -0.118. The third-order valence-electron chi connectivity index (χ3n) is 5.44. The minimum atomic E-state index is 0.146. The fourth-order valence-electron chi connectivity index (χ4n) is 4.14. The summed E-state index contributed by atoms with van der Waals surface area (Å²) in [6.07, 6.45) is 15.3. The van der Waals surface area contributed by atoms with Crippen LogP contribution in [0.5, 0.6) is 0 Å². The SMILES string of the molecule is CCNCC1(OC2CCCC(CC)C2)CCCCCC1. The van der Waals surface area contributed by atoms with Crippen molar-refractivity contribution < 1.29 is 4.74 Å². The molecule has 2 unspecified atom stereocenters. The maximum atomic E-state index is 6.77. The first-order valence-electron chi connectivity index (χ1n) is 9.16. The standard InChI is InChI=1S/C18H35NO/c1-3-16-10-9-11-17(14-16)20-18(15-19-4-2)12-7-5-6-8-13-18/h16-17,19H,3-15H2,1-2H3. The molecule has 2 aliphatic carbocycles. The van der Waals surface area contributed by atoms with Crippen LogP contribution in [-0.2, 0) is 4.74 Å². The Kier molecular flexibility index (Phi) is 6.83. The second kappa shape index (κ2) is 8.38. The normalized spacial score (nSPS) is 30.9. The van der Waals surface area contributed by atoms with Crippen molar-refractivity contribution >= 4 is 0 Å². The van der Waals surface area contributed by atoms with Crippen LogP contribution in [0.1, 0.15) is 84.5 Å². The summed E-state index contributed by atoms with van der Waals surface area (Å²) < 4.78 is 6.77. The molecule has 0 bridgehead atoms. The maximum absolute atomic E-state index is 6.77. The molecule has 2 fully saturated rings. The highest BCUT2D eigenvalue weighted by molar-refractivity contribution is 4.88. The molecule has 1 N–H and O–H groups in total. The fraction of sp³-hybridized carbons (Fsp3) is 1.00. The van der Waals surface area contributed by atoms with Gasteiger partial charge in [0.15, 0.2) is 0 Å². The summed E-state index contributed by atoms with van der Waals surface area (Å²) in [7, 11) is 0. The molecule has 0 amide bonds. The zero-order valence-electron chi connectivity index (χ0n) is 13.8. The summed E-state index contributed by atoms with van der Waals surface area (Å²) >= 11 is 0. The minimum Gasteiger partial charge on any atom is -0.370 e. The van der Waals surface area contributed by atoms with Crippen LogP contribution in [0.2, 0.25) is 0 Å². The van der Waals surface area contributed by atoms with Crippen molar-refractivity contribution in [1.29, 1.82) is 0 Å².